The smallest absolute Gasteiger partial charge is 0.257 e. The molecule has 0 saturated heterocycles. The Morgan fingerprint density at radius 2 is 1.81 bits per heavy atom. The predicted octanol–water partition coefficient (Wildman–Crippen LogP) is 6.10. The second-order valence-electron chi connectivity index (χ2n) is 8.60. The molecule has 5 rings (SSSR count). The van der Waals surface area contributed by atoms with Crippen LogP contribution in [0.15, 0.2) is 66.9 Å². The van der Waals surface area contributed by atoms with E-state index >= 15 is 0 Å². The maximum Gasteiger partial charge on any atom is 0.257 e. The van der Waals surface area contributed by atoms with Crippen LogP contribution in [0.1, 0.15) is 22.5 Å². The molecule has 0 spiro atoms. The lowest BCUT2D eigenvalue weighted by molar-refractivity contribution is 0.309. The minimum atomic E-state index is 0.159. The molecule has 37 heavy (non-hydrogen) atoms. The van der Waals surface area contributed by atoms with Crippen molar-refractivity contribution in [2.75, 3.05) is 12.3 Å². The van der Waals surface area contributed by atoms with Gasteiger partial charge in [-0.05, 0) is 55.8 Å². The standard InChI is InChI=1S/C29H23ClN6O/c1-17-6-3-9-22(34-17)11-13-37-29-28(32)35-27(23-10-4-7-20(16-31)18(23)2)26(36-29)21-14-19-8-5-12-33-25(19)24(30)15-21/h3-10,12,14-15H,11,13H2,1-2H3,(H2,32,35). The summed E-state index contributed by atoms with van der Waals surface area (Å²) in [6.45, 7) is 4.16. The first-order chi connectivity index (χ1) is 17.9. The van der Waals surface area contributed by atoms with Crippen molar-refractivity contribution >= 4 is 28.3 Å². The van der Waals surface area contributed by atoms with Gasteiger partial charge in [-0.25, -0.2) is 9.97 Å². The predicted molar refractivity (Wildman–Crippen MR) is 145 cm³/mol. The number of nitrogens with zero attached hydrogens (tertiary/aromatic N) is 5. The van der Waals surface area contributed by atoms with E-state index in [1.54, 1.807) is 12.3 Å². The maximum atomic E-state index is 9.58. The number of pyridine rings is 2. The van der Waals surface area contributed by atoms with E-state index in [2.05, 4.69) is 16.0 Å². The number of hydrogen-bond acceptors (Lipinski definition) is 7. The number of rotatable bonds is 6. The zero-order chi connectivity index (χ0) is 25.9. The number of aryl methyl sites for hydroxylation is 1. The monoisotopic (exact) mass is 506 g/mol. The second kappa shape index (κ2) is 10.2. The van der Waals surface area contributed by atoms with Gasteiger partial charge in [0.25, 0.3) is 5.88 Å². The van der Waals surface area contributed by atoms with Crippen LogP contribution in [0, 0.1) is 25.2 Å². The molecule has 8 heteroatoms. The first-order valence-electron chi connectivity index (χ1n) is 11.7. The molecule has 7 nitrogen and oxygen atoms in total. The van der Waals surface area contributed by atoms with Gasteiger partial charge in [0.2, 0.25) is 0 Å². The van der Waals surface area contributed by atoms with E-state index in [1.165, 1.54) is 0 Å². The highest BCUT2D eigenvalue weighted by Crippen LogP contribution is 2.38. The highest BCUT2D eigenvalue weighted by atomic mass is 35.5. The molecule has 2 aromatic carbocycles. The molecule has 0 aliphatic rings. The van der Waals surface area contributed by atoms with Gasteiger partial charge in [-0.1, -0.05) is 35.9 Å². The van der Waals surface area contributed by atoms with Crippen LogP contribution in [0.2, 0.25) is 5.02 Å². The Balaban J connectivity index is 1.62. The third kappa shape index (κ3) is 4.92. The summed E-state index contributed by atoms with van der Waals surface area (Å²) in [6.07, 6.45) is 2.30. The van der Waals surface area contributed by atoms with Crippen molar-refractivity contribution in [3.63, 3.8) is 0 Å². The quantitative estimate of drug-likeness (QED) is 0.296. The summed E-state index contributed by atoms with van der Waals surface area (Å²) in [6, 6.07) is 21.2. The van der Waals surface area contributed by atoms with E-state index in [1.807, 2.05) is 68.4 Å². The van der Waals surface area contributed by atoms with Crippen LogP contribution in [0.3, 0.4) is 0 Å². The average molecular weight is 507 g/mol. The van der Waals surface area contributed by atoms with Crippen LogP contribution in [0.5, 0.6) is 5.88 Å². The highest BCUT2D eigenvalue weighted by molar-refractivity contribution is 6.35. The summed E-state index contributed by atoms with van der Waals surface area (Å²) >= 11 is 6.61. The number of hydrogen-bond donors (Lipinski definition) is 1. The Morgan fingerprint density at radius 1 is 0.973 bits per heavy atom. The maximum absolute atomic E-state index is 9.58. The van der Waals surface area contributed by atoms with E-state index in [0.717, 1.165) is 33.5 Å². The Kier molecular flexibility index (Phi) is 6.67. The Morgan fingerprint density at radius 3 is 2.62 bits per heavy atom. The molecule has 0 bridgehead atoms. The topological polar surface area (TPSA) is 111 Å². The van der Waals surface area contributed by atoms with Gasteiger partial charge < -0.3 is 10.5 Å². The number of nitriles is 1. The van der Waals surface area contributed by atoms with Crippen LogP contribution in [0.4, 0.5) is 5.82 Å². The van der Waals surface area contributed by atoms with Gasteiger partial charge in [0, 0.05) is 40.5 Å². The zero-order valence-electron chi connectivity index (χ0n) is 20.4. The van der Waals surface area contributed by atoms with Crippen LogP contribution in [0.25, 0.3) is 33.4 Å². The Labute approximate surface area is 219 Å². The summed E-state index contributed by atoms with van der Waals surface area (Å²) in [7, 11) is 0. The fourth-order valence-electron chi connectivity index (χ4n) is 4.22. The molecule has 0 radical (unpaired) electrons. The van der Waals surface area contributed by atoms with Crippen molar-refractivity contribution < 1.29 is 4.74 Å². The lowest BCUT2D eigenvalue weighted by Gasteiger charge is -2.16. The number of ether oxygens (including phenoxy) is 1. The normalized spacial score (nSPS) is 10.9. The fraction of sp³-hybridized carbons (Fsp3) is 0.138. The minimum absolute atomic E-state index is 0.159. The first-order valence-corrected chi connectivity index (χ1v) is 12.1. The van der Waals surface area contributed by atoms with Crippen molar-refractivity contribution in [2.24, 2.45) is 0 Å². The molecule has 3 heterocycles. The largest absolute Gasteiger partial charge is 0.475 e. The summed E-state index contributed by atoms with van der Waals surface area (Å²) in [5.41, 5.74) is 12.8. The molecular formula is C29H23ClN6O. The summed E-state index contributed by atoms with van der Waals surface area (Å²) in [4.78, 5) is 18.4. The summed E-state index contributed by atoms with van der Waals surface area (Å²) in [5, 5.41) is 10.9. The van der Waals surface area contributed by atoms with Crippen molar-refractivity contribution in [2.45, 2.75) is 20.3 Å². The SMILES string of the molecule is Cc1cccc(CCOc2nc(-c3cc(Cl)c4ncccc4c3)c(-c3cccc(C#N)c3C)nc2N)n1. The molecule has 3 aromatic heterocycles. The third-order valence-electron chi connectivity index (χ3n) is 6.07. The lowest BCUT2D eigenvalue weighted by atomic mass is 9.96. The number of anilines is 1. The van der Waals surface area contributed by atoms with Crippen molar-refractivity contribution in [3.05, 3.63) is 94.4 Å². The molecule has 0 atom stereocenters. The number of aromatic nitrogens is 4. The van der Waals surface area contributed by atoms with Gasteiger partial charge in [-0.15, -0.1) is 0 Å². The first kappa shape index (κ1) is 24.2. The number of halogens is 1. The molecule has 0 saturated carbocycles. The van der Waals surface area contributed by atoms with Gasteiger partial charge in [0.1, 0.15) is 5.69 Å². The molecule has 182 valence electrons. The van der Waals surface area contributed by atoms with E-state index in [9.17, 15) is 5.26 Å². The van der Waals surface area contributed by atoms with E-state index in [0.29, 0.717) is 40.5 Å². The number of nitrogen functional groups attached to an aromatic ring is 1. The number of benzene rings is 2. The van der Waals surface area contributed by atoms with Gasteiger partial charge in [0.05, 0.1) is 34.5 Å². The van der Waals surface area contributed by atoms with Gasteiger partial charge in [-0.3, -0.25) is 9.97 Å². The van der Waals surface area contributed by atoms with Crippen molar-refractivity contribution in [3.8, 4) is 34.5 Å². The average Bonchev–Trinajstić information content (AvgIpc) is 2.89. The van der Waals surface area contributed by atoms with Gasteiger partial charge in [-0.2, -0.15) is 5.26 Å². The molecule has 0 fully saturated rings. The highest BCUT2D eigenvalue weighted by Gasteiger charge is 2.20. The van der Waals surface area contributed by atoms with E-state index in [-0.39, 0.29) is 11.7 Å². The van der Waals surface area contributed by atoms with Crippen LogP contribution < -0.4 is 10.5 Å². The minimum Gasteiger partial charge on any atom is -0.475 e. The van der Waals surface area contributed by atoms with Crippen molar-refractivity contribution in [1.82, 2.24) is 19.9 Å². The number of nitrogens with two attached hydrogens (primary N) is 1. The van der Waals surface area contributed by atoms with E-state index < -0.39 is 0 Å². The summed E-state index contributed by atoms with van der Waals surface area (Å²) in [5.74, 6) is 0.383. The molecule has 2 N–H and O–H groups in total. The molecule has 5 aromatic rings. The lowest BCUT2D eigenvalue weighted by Crippen LogP contribution is -2.09. The molecule has 0 aliphatic carbocycles. The van der Waals surface area contributed by atoms with Crippen molar-refractivity contribution in [1.29, 1.82) is 5.26 Å². The molecular weight excluding hydrogens is 484 g/mol. The second-order valence-corrected chi connectivity index (χ2v) is 9.01. The molecule has 0 aliphatic heterocycles. The number of fused-ring (bicyclic) bond motifs is 1. The Bertz CT molecular complexity index is 1680. The summed E-state index contributed by atoms with van der Waals surface area (Å²) < 4.78 is 5.99. The van der Waals surface area contributed by atoms with Crippen LogP contribution >= 0.6 is 11.6 Å². The van der Waals surface area contributed by atoms with Gasteiger partial charge in [0.15, 0.2) is 5.82 Å². The molecule has 0 unspecified atom stereocenters. The third-order valence-corrected chi connectivity index (χ3v) is 6.36. The fourth-order valence-corrected chi connectivity index (χ4v) is 4.49. The van der Waals surface area contributed by atoms with Crippen LogP contribution in [-0.2, 0) is 6.42 Å². The molecule has 0 amide bonds. The van der Waals surface area contributed by atoms with E-state index in [4.69, 9.17) is 32.0 Å². The van der Waals surface area contributed by atoms with Gasteiger partial charge >= 0.3 is 0 Å². The van der Waals surface area contributed by atoms with Crippen LogP contribution in [-0.4, -0.2) is 26.5 Å². The zero-order valence-corrected chi connectivity index (χ0v) is 21.1. The Hall–Kier alpha value is -4.54.